The summed E-state index contributed by atoms with van der Waals surface area (Å²) in [5.74, 6) is -1.43. The number of nitrogens with one attached hydrogen (secondary N) is 2. The summed E-state index contributed by atoms with van der Waals surface area (Å²) in [5, 5.41) is 11.7. The van der Waals surface area contributed by atoms with Gasteiger partial charge in [-0.3, -0.25) is 9.59 Å². The van der Waals surface area contributed by atoms with E-state index >= 15 is 0 Å². The van der Waals surface area contributed by atoms with Crippen LogP contribution in [0.2, 0.25) is 0 Å². The Balaban J connectivity index is 2.41. The van der Waals surface area contributed by atoms with Crippen molar-refractivity contribution in [3.63, 3.8) is 0 Å². The number of aromatic nitrogens is 1. The molecule has 3 N–H and O–H groups in total. The zero-order valence-electron chi connectivity index (χ0n) is 10.2. The molecule has 0 radical (unpaired) electrons. The lowest BCUT2D eigenvalue weighted by atomic mass is 10.1. The molecule has 1 aromatic carbocycles. The second-order valence-electron chi connectivity index (χ2n) is 4.25. The lowest BCUT2D eigenvalue weighted by Crippen LogP contribution is -2.29. The zero-order chi connectivity index (χ0) is 13.3. The maximum absolute atomic E-state index is 11.9. The van der Waals surface area contributed by atoms with Gasteiger partial charge >= 0.3 is 5.97 Å². The molecular formula is C13H14N2O3. The summed E-state index contributed by atoms with van der Waals surface area (Å²) in [7, 11) is 0. The summed E-state index contributed by atoms with van der Waals surface area (Å²) in [6, 6.07) is 5.74. The first-order valence-electron chi connectivity index (χ1n) is 5.58. The summed E-state index contributed by atoms with van der Waals surface area (Å²) in [5.41, 5.74) is 3.22. The molecule has 0 aliphatic heterocycles. The van der Waals surface area contributed by atoms with Crippen molar-refractivity contribution in [3.05, 3.63) is 35.0 Å². The van der Waals surface area contributed by atoms with E-state index in [1.54, 1.807) is 6.92 Å². The summed E-state index contributed by atoms with van der Waals surface area (Å²) >= 11 is 0. The highest BCUT2D eigenvalue weighted by Gasteiger charge is 2.16. The van der Waals surface area contributed by atoms with Crippen LogP contribution in [0.1, 0.15) is 21.6 Å². The van der Waals surface area contributed by atoms with Crippen molar-refractivity contribution in [2.24, 2.45) is 0 Å². The molecular weight excluding hydrogens is 232 g/mol. The molecule has 1 heterocycles. The van der Waals surface area contributed by atoms with Crippen molar-refractivity contribution >= 4 is 22.8 Å². The number of hydrogen-bond acceptors (Lipinski definition) is 2. The van der Waals surface area contributed by atoms with Crippen LogP contribution in [0.5, 0.6) is 0 Å². The average molecular weight is 246 g/mol. The molecule has 2 aromatic rings. The third kappa shape index (κ3) is 2.20. The molecule has 1 amide bonds. The van der Waals surface area contributed by atoms with E-state index in [1.807, 2.05) is 25.1 Å². The topological polar surface area (TPSA) is 82.2 Å². The van der Waals surface area contributed by atoms with Crippen LogP contribution in [-0.2, 0) is 4.79 Å². The van der Waals surface area contributed by atoms with Crippen molar-refractivity contribution in [1.29, 1.82) is 0 Å². The van der Waals surface area contributed by atoms with Crippen LogP contribution in [0.25, 0.3) is 10.9 Å². The first-order valence-corrected chi connectivity index (χ1v) is 5.58. The van der Waals surface area contributed by atoms with E-state index in [4.69, 9.17) is 5.11 Å². The molecule has 2 rings (SSSR count). The number of aryl methyl sites for hydroxylation is 2. The van der Waals surface area contributed by atoms with Gasteiger partial charge in [-0.15, -0.1) is 0 Å². The minimum Gasteiger partial charge on any atom is -0.480 e. The fourth-order valence-corrected chi connectivity index (χ4v) is 1.98. The molecule has 0 aliphatic carbocycles. The predicted octanol–water partition coefficient (Wildman–Crippen LogP) is 1.60. The van der Waals surface area contributed by atoms with Crippen molar-refractivity contribution in [1.82, 2.24) is 10.3 Å². The van der Waals surface area contributed by atoms with Crippen molar-refractivity contribution in [2.75, 3.05) is 6.54 Å². The van der Waals surface area contributed by atoms with E-state index in [-0.39, 0.29) is 12.5 Å². The van der Waals surface area contributed by atoms with Crippen LogP contribution in [-0.4, -0.2) is 28.5 Å². The maximum atomic E-state index is 11.9. The van der Waals surface area contributed by atoms with E-state index in [9.17, 15) is 9.59 Å². The Hall–Kier alpha value is -2.30. The SMILES string of the molecule is Cc1ccc2c(C(=O)NCC(=O)O)c(C)[nH]c2c1. The van der Waals surface area contributed by atoms with Gasteiger partial charge in [-0.2, -0.15) is 0 Å². The number of carbonyl (C=O) groups is 2. The molecule has 0 saturated heterocycles. The zero-order valence-corrected chi connectivity index (χ0v) is 10.2. The van der Waals surface area contributed by atoms with E-state index in [1.165, 1.54) is 0 Å². The molecule has 0 fully saturated rings. The highest BCUT2D eigenvalue weighted by molar-refractivity contribution is 6.08. The van der Waals surface area contributed by atoms with Gasteiger partial charge in [0.25, 0.3) is 5.91 Å². The Morgan fingerprint density at radius 1 is 1.33 bits per heavy atom. The fraction of sp³-hybridized carbons (Fsp3) is 0.231. The molecule has 94 valence electrons. The number of rotatable bonds is 3. The number of carboxylic acid groups (broad SMARTS) is 1. The number of carboxylic acids is 1. The Bertz CT molecular complexity index is 628. The van der Waals surface area contributed by atoms with Gasteiger partial charge in [0.15, 0.2) is 0 Å². The van der Waals surface area contributed by atoms with Gasteiger partial charge in [-0.25, -0.2) is 0 Å². The van der Waals surface area contributed by atoms with E-state index in [0.29, 0.717) is 5.56 Å². The third-order valence-corrected chi connectivity index (χ3v) is 2.77. The van der Waals surface area contributed by atoms with Crippen LogP contribution in [0, 0.1) is 13.8 Å². The second kappa shape index (κ2) is 4.52. The second-order valence-corrected chi connectivity index (χ2v) is 4.25. The van der Waals surface area contributed by atoms with Gasteiger partial charge in [0.2, 0.25) is 0 Å². The first-order chi connectivity index (χ1) is 8.49. The Labute approximate surface area is 104 Å². The number of benzene rings is 1. The lowest BCUT2D eigenvalue weighted by molar-refractivity contribution is -0.135. The molecule has 0 aliphatic rings. The molecule has 0 unspecified atom stereocenters. The molecule has 0 atom stereocenters. The Morgan fingerprint density at radius 3 is 2.72 bits per heavy atom. The van der Waals surface area contributed by atoms with Crippen LogP contribution in [0.15, 0.2) is 18.2 Å². The first kappa shape index (κ1) is 12.2. The Kier molecular flexibility index (Phi) is 3.06. The molecule has 0 bridgehead atoms. The van der Waals surface area contributed by atoms with E-state index < -0.39 is 5.97 Å². The van der Waals surface area contributed by atoms with Gasteiger partial charge in [-0.1, -0.05) is 12.1 Å². The number of amides is 1. The van der Waals surface area contributed by atoms with E-state index in [0.717, 1.165) is 22.2 Å². The van der Waals surface area contributed by atoms with Crippen LogP contribution in [0.3, 0.4) is 0 Å². The highest BCUT2D eigenvalue weighted by atomic mass is 16.4. The number of hydrogen-bond donors (Lipinski definition) is 3. The van der Waals surface area contributed by atoms with Crippen molar-refractivity contribution in [3.8, 4) is 0 Å². The van der Waals surface area contributed by atoms with Gasteiger partial charge in [-0.05, 0) is 25.5 Å². The minimum atomic E-state index is -1.06. The maximum Gasteiger partial charge on any atom is 0.322 e. The van der Waals surface area contributed by atoms with Crippen LogP contribution in [0.4, 0.5) is 0 Å². The van der Waals surface area contributed by atoms with Crippen molar-refractivity contribution < 1.29 is 14.7 Å². The van der Waals surface area contributed by atoms with Gasteiger partial charge < -0.3 is 15.4 Å². The normalized spacial score (nSPS) is 10.6. The average Bonchev–Trinajstić information content (AvgIpc) is 2.61. The number of H-pyrrole nitrogens is 1. The van der Waals surface area contributed by atoms with E-state index in [2.05, 4.69) is 10.3 Å². The Morgan fingerprint density at radius 2 is 2.06 bits per heavy atom. The largest absolute Gasteiger partial charge is 0.480 e. The summed E-state index contributed by atoms with van der Waals surface area (Å²) in [6.45, 7) is 3.39. The summed E-state index contributed by atoms with van der Waals surface area (Å²) in [4.78, 5) is 25.5. The molecule has 5 heteroatoms. The monoisotopic (exact) mass is 246 g/mol. The quantitative estimate of drug-likeness (QED) is 0.769. The lowest BCUT2D eigenvalue weighted by Gasteiger charge is -2.02. The standard InChI is InChI=1S/C13H14N2O3/c1-7-3-4-9-10(5-7)15-8(2)12(9)13(18)14-6-11(16)17/h3-5,15H,6H2,1-2H3,(H,14,18)(H,16,17). The molecule has 0 saturated carbocycles. The fourth-order valence-electron chi connectivity index (χ4n) is 1.98. The number of aromatic amines is 1. The minimum absolute atomic E-state index is 0.370. The van der Waals surface area contributed by atoms with Crippen molar-refractivity contribution in [2.45, 2.75) is 13.8 Å². The van der Waals surface area contributed by atoms with Crippen LogP contribution < -0.4 is 5.32 Å². The molecule has 0 spiro atoms. The van der Waals surface area contributed by atoms with Gasteiger partial charge in [0.1, 0.15) is 6.54 Å². The highest BCUT2D eigenvalue weighted by Crippen LogP contribution is 2.22. The molecule has 18 heavy (non-hydrogen) atoms. The van der Waals surface area contributed by atoms with Gasteiger partial charge in [0.05, 0.1) is 5.56 Å². The van der Waals surface area contributed by atoms with Crippen LogP contribution >= 0.6 is 0 Å². The number of carbonyl (C=O) groups excluding carboxylic acids is 1. The third-order valence-electron chi connectivity index (χ3n) is 2.77. The summed E-state index contributed by atoms with van der Waals surface area (Å²) in [6.07, 6.45) is 0. The number of aliphatic carboxylic acids is 1. The van der Waals surface area contributed by atoms with Gasteiger partial charge in [0, 0.05) is 16.6 Å². The molecule has 1 aromatic heterocycles. The molecule has 5 nitrogen and oxygen atoms in total. The summed E-state index contributed by atoms with van der Waals surface area (Å²) < 4.78 is 0. The predicted molar refractivity (Wildman–Crippen MR) is 67.7 cm³/mol. The smallest absolute Gasteiger partial charge is 0.322 e. The number of fused-ring (bicyclic) bond motifs is 1.